The highest BCUT2D eigenvalue weighted by atomic mass is 16.5. The summed E-state index contributed by atoms with van der Waals surface area (Å²) in [5, 5.41) is 5.79. The lowest BCUT2D eigenvalue weighted by Gasteiger charge is -2.21. The lowest BCUT2D eigenvalue weighted by atomic mass is 10.0. The summed E-state index contributed by atoms with van der Waals surface area (Å²) in [6.45, 7) is 12.0. The third-order valence-electron chi connectivity index (χ3n) is 3.02. The number of benzene rings is 1. The second-order valence-corrected chi connectivity index (χ2v) is 4.57. The molecule has 128 valence electrons. The maximum atomic E-state index is 11.8. The number of hydrogen-bond acceptors (Lipinski definition) is 3. The molecule has 1 unspecified atom stereocenters. The van der Waals surface area contributed by atoms with E-state index in [-0.39, 0.29) is 11.9 Å². The minimum absolute atomic E-state index is 0.0975. The summed E-state index contributed by atoms with van der Waals surface area (Å²) >= 11 is 0. The predicted molar refractivity (Wildman–Crippen MR) is 97.2 cm³/mol. The molecule has 1 atom stereocenters. The van der Waals surface area contributed by atoms with Crippen LogP contribution in [0.3, 0.4) is 0 Å². The number of ether oxygens (including phenoxy) is 1. The van der Waals surface area contributed by atoms with Crippen molar-refractivity contribution in [1.29, 1.82) is 0 Å². The second-order valence-electron chi connectivity index (χ2n) is 4.57. The van der Waals surface area contributed by atoms with E-state index in [0.717, 1.165) is 25.0 Å². The Hall–Kier alpha value is -2.10. The summed E-state index contributed by atoms with van der Waals surface area (Å²) in [5.74, 6) is 0.116. The summed E-state index contributed by atoms with van der Waals surface area (Å²) in [4.78, 5) is 11.8. The molecule has 4 nitrogen and oxygen atoms in total. The third kappa shape index (κ3) is 7.63. The van der Waals surface area contributed by atoms with Crippen LogP contribution in [0.25, 0.3) is 0 Å². The van der Waals surface area contributed by atoms with Crippen molar-refractivity contribution < 1.29 is 9.53 Å². The Morgan fingerprint density at radius 1 is 1.35 bits per heavy atom. The number of carbonyl (C=O) groups is 1. The van der Waals surface area contributed by atoms with E-state index in [0.29, 0.717) is 6.42 Å². The average Bonchev–Trinajstić information content (AvgIpc) is 3.09. The quantitative estimate of drug-likeness (QED) is 0.722. The Labute approximate surface area is 140 Å². The Kier molecular flexibility index (Phi) is 12.3. The van der Waals surface area contributed by atoms with Crippen LogP contribution in [0.2, 0.25) is 0 Å². The lowest BCUT2D eigenvalue weighted by molar-refractivity contribution is -0.133. The van der Waals surface area contributed by atoms with Crippen LogP contribution >= 0.6 is 0 Å². The molecular formula is C19H30N2O2. The van der Waals surface area contributed by atoms with Gasteiger partial charge >= 0.3 is 0 Å². The molecule has 0 bridgehead atoms. The zero-order valence-electron chi connectivity index (χ0n) is 14.9. The molecule has 0 N–H and O–H groups in total. The summed E-state index contributed by atoms with van der Waals surface area (Å²) < 4.78 is 4.60. The zero-order valence-corrected chi connectivity index (χ0v) is 14.9. The van der Waals surface area contributed by atoms with Gasteiger partial charge in [-0.25, -0.2) is 5.01 Å². The highest BCUT2D eigenvalue weighted by molar-refractivity contribution is 5.79. The van der Waals surface area contributed by atoms with Crippen LogP contribution in [0.15, 0.2) is 48.3 Å². The molecule has 0 saturated carbocycles. The van der Waals surface area contributed by atoms with E-state index >= 15 is 0 Å². The number of hydrazone groups is 1. The van der Waals surface area contributed by atoms with Gasteiger partial charge in [-0.3, -0.25) is 4.79 Å². The van der Waals surface area contributed by atoms with Gasteiger partial charge in [-0.15, -0.1) is 0 Å². The number of carbonyl (C=O) groups excluding carboxylic acids is 1. The largest absolute Gasteiger partial charge is 0.502 e. The monoisotopic (exact) mass is 318 g/mol. The maximum absolute atomic E-state index is 11.8. The van der Waals surface area contributed by atoms with Crippen molar-refractivity contribution in [3.05, 3.63) is 48.7 Å². The Morgan fingerprint density at radius 3 is 2.48 bits per heavy atom. The molecule has 1 heterocycles. The molecule has 0 fully saturated rings. The van der Waals surface area contributed by atoms with E-state index in [4.69, 9.17) is 0 Å². The Bertz CT molecular complexity index is 458. The second kappa shape index (κ2) is 13.6. The molecule has 1 aromatic rings. The van der Waals surface area contributed by atoms with Gasteiger partial charge in [0.05, 0.1) is 18.9 Å². The van der Waals surface area contributed by atoms with Gasteiger partial charge in [-0.05, 0) is 18.9 Å². The fraction of sp³-hybridized carbons (Fsp3) is 0.474. The van der Waals surface area contributed by atoms with E-state index in [1.807, 2.05) is 64.2 Å². The Morgan fingerprint density at radius 2 is 2.00 bits per heavy atom. The molecule has 0 aromatic heterocycles. The number of nitrogens with zero attached hydrogens (tertiary/aromatic N) is 2. The van der Waals surface area contributed by atoms with Crippen molar-refractivity contribution in [2.75, 3.05) is 6.61 Å². The van der Waals surface area contributed by atoms with Crippen LogP contribution in [-0.4, -0.2) is 23.7 Å². The molecule has 1 aliphatic rings. The van der Waals surface area contributed by atoms with Crippen molar-refractivity contribution in [2.45, 2.75) is 53.0 Å². The molecule has 0 radical (unpaired) electrons. The van der Waals surface area contributed by atoms with Gasteiger partial charge in [0.15, 0.2) is 0 Å². The Balaban J connectivity index is 0.000000594. The van der Waals surface area contributed by atoms with Crippen LogP contribution in [-0.2, 0) is 9.53 Å². The first-order chi connectivity index (χ1) is 11.2. The first-order valence-corrected chi connectivity index (χ1v) is 8.36. The van der Waals surface area contributed by atoms with Crippen molar-refractivity contribution in [3.63, 3.8) is 0 Å². The number of hydrogen-bond donors (Lipinski definition) is 0. The van der Waals surface area contributed by atoms with Crippen molar-refractivity contribution in [1.82, 2.24) is 5.01 Å². The van der Waals surface area contributed by atoms with Gasteiger partial charge < -0.3 is 4.74 Å². The number of amides is 1. The average molecular weight is 318 g/mol. The fourth-order valence-electron chi connectivity index (χ4n) is 2.05. The molecule has 2 rings (SSSR count). The van der Waals surface area contributed by atoms with E-state index in [2.05, 4.69) is 16.4 Å². The predicted octanol–water partition coefficient (Wildman–Crippen LogP) is 4.94. The first-order valence-electron chi connectivity index (χ1n) is 8.36. The SMILES string of the molecule is C=COCC.CC.CCCC(=O)N1N=CCC1c1ccccc1. The topological polar surface area (TPSA) is 41.9 Å². The normalized spacial score (nSPS) is 15.0. The van der Waals surface area contributed by atoms with Gasteiger partial charge in [0.1, 0.15) is 0 Å². The van der Waals surface area contributed by atoms with Gasteiger partial charge in [0, 0.05) is 19.1 Å². The molecule has 1 aliphatic heterocycles. The minimum atomic E-state index is 0.0975. The first kappa shape index (κ1) is 20.9. The van der Waals surface area contributed by atoms with Crippen molar-refractivity contribution >= 4 is 12.1 Å². The van der Waals surface area contributed by atoms with Crippen molar-refractivity contribution in [2.24, 2.45) is 5.10 Å². The molecule has 0 spiro atoms. The summed E-state index contributed by atoms with van der Waals surface area (Å²) in [6.07, 6.45) is 5.51. The van der Waals surface area contributed by atoms with Gasteiger partial charge in [-0.1, -0.05) is 57.7 Å². The molecule has 1 aromatic carbocycles. The third-order valence-corrected chi connectivity index (χ3v) is 3.02. The molecule has 4 heteroatoms. The van der Waals surface area contributed by atoms with Crippen LogP contribution < -0.4 is 0 Å². The molecule has 23 heavy (non-hydrogen) atoms. The maximum Gasteiger partial charge on any atom is 0.243 e. The van der Waals surface area contributed by atoms with Crippen LogP contribution in [0, 0.1) is 0 Å². The van der Waals surface area contributed by atoms with Gasteiger partial charge in [0.2, 0.25) is 5.91 Å². The van der Waals surface area contributed by atoms with Crippen LogP contribution in [0.1, 0.15) is 58.6 Å². The highest BCUT2D eigenvalue weighted by Crippen LogP contribution is 2.28. The standard InChI is InChI=1S/C13H16N2O.C4H8O.C2H6/c1-2-6-13(16)15-12(9-10-14-15)11-7-4-3-5-8-11;1-3-5-4-2;1-2/h3-5,7-8,10,12H,2,6,9H2,1H3;3H,1,4H2,2H3;1-2H3. The summed E-state index contributed by atoms with van der Waals surface area (Å²) in [5.41, 5.74) is 1.16. The van der Waals surface area contributed by atoms with Crippen molar-refractivity contribution in [3.8, 4) is 0 Å². The number of rotatable bonds is 5. The minimum Gasteiger partial charge on any atom is -0.502 e. The molecule has 0 saturated heterocycles. The lowest BCUT2D eigenvalue weighted by Crippen LogP contribution is -2.26. The van der Waals surface area contributed by atoms with Gasteiger partial charge in [-0.2, -0.15) is 5.10 Å². The molecule has 0 aliphatic carbocycles. The van der Waals surface area contributed by atoms with E-state index in [9.17, 15) is 4.79 Å². The highest BCUT2D eigenvalue weighted by Gasteiger charge is 2.26. The molecule has 1 amide bonds. The van der Waals surface area contributed by atoms with E-state index in [1.165, 1.54) is 6.26 Å². The summed E-state index contributed by atoms with van der Waals surface area (Å²) in [6, 6.07) is 10.2. The smallest absolute Gasteiger partial charge is 0.243 e. The molecular weight excluding hydrogens is 288 g/mol. The fourth-order valence-corrected chi connectivity index (χ4v) is 2.05. The zero-order chi connectivity index (χ0) is 17.5. The van der Waals surface area contributed by atoms with E-state index in [1.54, 1.807) is 5.01 Å². The summed E-state index contributed by atoms with van der Waals surface area (Å²) in [7, 11) is 0. The van der Waals surface area contributed by atoms with E-state index < -0.39 is 0 Å². The van der Waals surface area contributed by atoms with Crippen LogP contribution in [0.4, 0.5) is 0 Å². The van der Waals surface area contributed by atoms with Crippen LogP contribution in [0.5, 0.6) is 0 Å². The van der Waals surface area contributed by atoms with Gasteiger partial charge in [0.25, 0.3) is 0 Å².